The normalized spacial score (nSPS) is 16.3. The Labute approximate surface area is 227 Å². The van der Waals surface area contributed by atoms with Crippen molar-refractivity contribution in [3.8, 4) is 17.3 Å². The van der Waals surface area contributed by atoms with Crippen molar-refractivity contribution in [2.45, 2.75) is 62.4 Å². The van der Waals surface area contributed by atoms with Gasteiger partial charge in [-0.2, -0.15) is 0 Å². The van der Waals surface area contributed by atoms with E-state index in [0.29, 0.717) is 40.9 Å². The third kappa shape index (κ3) is 4.62. The highest BCUT2D eigenvalue weighted by Gasteiger charge is 2.42. The first kappa shape index (κ1) is 25.4. The summed E-state index contributed by atoms with van der Waals surface area (Å²) < 4.78 is 31.5. The Morgan fingerprint density at radius 3 is 2.51 bits per heavy atom. The molecule has 1 N–H and O–H groups in total. The zero-order chi connectivity index (χ0) is 27.4. The molecule has 1 aromatic carbocycles. The van der Waals surface area contributed by atoms with Crippen LogP contribution in [0.25, 0.3) is 22.6 Å². The van der Waals surface area contributed by atoms with Gasteiger partial charge in [0.1, 0.15) is 17.4 Å². The number of nitrogens with one attached hydrogen (secondary N) is 1. The van der Waals surface area contributed by atoms with E-state index in [1.54, 1.807) is 49.1 Å². The number of fused-ring (bicyclic) bond motifs is 1. The molecule has 204 valence electrons. The highest BCUT2D eigenvalue weighted by atomic mass is 32.2. The number of rotatable bonds is 9. The molecule has 0 radical (unpaired) electrons. The molecular formula is C27H31N7O4S. The number of sulfone groups is 1. The van der Waals surface area contributed by atoms with Gasteiger partial charge in [-0.05, 0) is 50.3 Å². The summed E-state index contributed by atoms with van der Waals surface area (Å²) in [6.07, 6.45) is 6.90. The number of hydrogen-bond acceptors (Lipinski definition) is 10. The van der Waals surface area contributed by atoms with Crippen LogP contribution in [0.15, 0.2) is 46.5 Å². The van der Waals surface area contributed by atoms with E-state index in [2.05, 4.69) is 25.3 Å². The fourth-order valence-electron chi connectivity index (χ4n) is 4.70. The molecule has 2 aliphatic rings. The van der Waals surface area contributed by atoms with E-state index in [0.717, 1.165) is 36.9 Å². The predicted octanol–water partition coefficient (Wildman–Crippen LogP) is 3.69. The summed E-state index contributed by atoms with van der Waals surface area (Å²) in [5.74, 6) is 1.36. The second kappa shape index (κ2) is 9.37. The maximum absolute atomic E-state index is 13.7. The predicted molar refractivity (Wildman–Crippen MR) is 148 cm³/mol. The monoisotopic (exact) mass is 549 g/mol. The van der Waals surface area contributed by atoms with Crippen LogP contribution in [0.2, 0.25) is 0 Å². The molecule has 2 fully saturated rings. The first-order chi connectivity index (χ1) is 18.7. The molecule has 0 spiro atoms. The molecular weight excluding hydrogens is 518 g/mol. The van der Waals surface area contributed by atoms with Gasteiger partial charge in [-0.15, -0.1) is 0 Å². The molecule has 12 heteroatoms. The number of aromatic nitrogens is 6. The molecule has 0 saturated heterocycles. The molecule has 11 nitrogen and oxygen atoms in total. The maximum Gasteiger partial charge on any atom is 0.295 e. The second-order valence-electron chi connectivity index (χ2n) is 10.3. The summed E-state index contributed by atoms with van der Waals surface area (Å²) in [7, 11) is -1.72. The number of hydrogen-bond donors (Lipinski definition) is 1. The lowest BCUT2D eigenvalue weighted by atomic mass is 10.1. The van der Waals surface area contributed by atoms with Crippen LogP contribution in [0.1, 0.15) is 58.1 Å². The zero-order valence-corrected chi connectivity index (χ0v) is 22.8. The van der Waals surface area contributed by atoms with Gasteiger partial charge in [0, 0.05) is 19.4 Å². The Balaban J connectivity index is 0.00000323. The molecule has 0 aliphatic heterocycles. The van der Waals surface area contributed by atoms with Gasteiger partial charge in [0.2, 0.25) is 5.88 Å². The van der Waals surface area contributed by atoms with E-state index in [-0.39, 0.29) is 29.0 Å². The van der Waals surface area contributed by atoms with Crippen LogP contribution >= 0.6 is 0 Å². The fraction of sp³-hybridized carbons (Fsp3) is 0.407. The topological polar surface area (TPSA) is 142 Å². The van der Waals surface area contributed by atoms with Crippen molar-refractivity contribution in [1.29, 1.82) is 0 Å². The van der Waals surface area contributed by atoms with Gasteiger partial charge in [-0.3, -0.25) is 9.36 Å². The Morgan fingerprint density at radius 1 is 1.13 bits per heavy atom. The molecule has 0 atom stereocenters. The maximum atomic E-state index is 13.7. The number of benzene rings is 1. The van der Waals surface area contributed by atoms with Crippen LogP contribution in [-0.2, 0) is 21.9 Å². The minimum absolute atomic E-state index is 0. The van der Waals surface area contributed by atoms with Crippen LogP contribution < -0.4 is 15.6 Å². The van der Waals surface area contributed by atoms with E-state index in [1.807, 2.05) is 6.92 Å². The van der Waals surface area contributed by atoms with E-state index in [1.165, 1.54) is 6.33 Å². The van der Waals surface area contributed by atoms with E-state index in [9.17, 15) is 13.2 Å². The van der Waals surface area contributed by atoms with Crippen molar-refractivity contribution in [1.82, 2.24) is 29.5 Å². The molecule has 0 bridgehead atoms. The minimum atomic E-state index is -3.28. The van der Waals surface area contributed by atoms with Crippen LogP contribution in [0.4, 0.5) is 5.82 Å². The second-order valence-corrected chi connectivity index (χ2v) is 12.6. The van der Waals surface area contributed by atoms with Gasteiger partial charge in [0.05, 0.1) is 29.6 Å². The quantitative estimate of drug-likeness (QED) is 0.328. The SMILES string of the molecule is CCS(=O)(=O)c1ccc(CNc2nc3cnc(-c4c(OC)ncnc4C4CC4)nc3n(C3(C)CC3)c2=O)cc1.[HH]. The van der Waals surface area contributed by atoms with E-state index < -0.39 is 9.84 Å². The van der Waals surface area contributed by atoms with Crippen molar-refractivity contribution in [3.63, 3.8) is 0 Å². The number of methoxy groups -OCH3 is 1. The molecule has 3 aromatic heterocycles. The number of anilines is 1. The standard InChI is InChI=1S/C27H29N7O4S.H2/c1-4-39(36,37)18-9-5-16(6-10-18)13-28-23-26(35)34(27(2)11-12-27)24-19(32-23)14-29-22(33-24)20-21(17-7-8-17)30-15-31-25(20)38-3;/h5-6,9-10,14-15,17H,4,7-8,11-13H2,1-3H3,(H,28,32);1H. The number of ether oxygens (including phenoxy) is 1. The van der Waals surface area contributed by atoms with Crippen LogP contribution in [0.3, 0.4) is 0 Å². The number of nitrogens with zero attached hydrogens (tertiary/aromatic N) is 6. The Kier molecular flexibility index (Phi) is 6.09. The molecule has 3 heterocycles. The molecule has 0 unspecified atom stereocenters. The first-order valence-electron chi connectivity index (χ1n) is 13.0. The Bertz CT molecular complexity index is 1750. The van der Waals surface area contributed by atoms with Crippen LogP contribution in [0.5, 0.6) is 5.88 Å². The van der Waals surface area contributed by atoms with Gasteiger partial charge in [0.25, 0.3) is 5.56 Å². The van der Waals surface area contributed by atoms with Gasteiger partial charge in [0.15, 0.2) is 27.1 Å². The van der Waals surface area contributed by atoms with Crippen molar-refractivity contribution >= 4 is 26.8 Å². The van der Waals surface area contributed by atoms with E-state index in [4.69, 9.17) is 9.72 Å². The highest BCUT2D eigenvalue weighted by molar-refractivity contribution is 7.91. The average molecular weight is 550 g/mol. The fourth-order valence-corrected chi connectivity index (χ4v) is 5.59. The third-order valence-corrected chi connectivity index (χ3v) is 9.21. The van der Waals surface area contributed by atoms with Gasteiger partial charge in [-0.25, -0.2) is 33.3 Å². The summed E-state index contributed by atoms with van der Waals surface area (Å²) in [6.45, 7) is 3.96. The molecule has 2 aliphatic carbocycles. The summed E-state index contributed by atoms with van der Waals surface area (Å²) >= 11 is 0. The van der Waals surface area contributed by atoms with Gasteiger partial charge < -0.3 is 10.1 Å². The first-order valence-corrected chi connectivity index (χ1v) is 14.6. The summed E-state index contributed by atoms with van der Waals surface area (Å²) in [5, 5.41) is 3.14. The minimum Gasteiger partial charge on any atom is -0.480 e. The summed E-state index contributed by atoms with van der Waals surface area (Å²) in [6, 6.07) is 6.64. The van der Waals surface area contributed by atoms with Gasteiger partial charge >= 0.3 is 0 Å². The highest BCUT2D eigenvalue weighted by Crippen LogP contribution is 2.46. The smallest absolute Gasteiger partial charge is 0.295 e. The molecule has 0 amide bonds. The van der Waals surface area contributed by atoms with Crippen molar-refractivity contribution in [3.05, 3.63) is 58.4 Å². The third-order valence-electron chi connectivity index (χ3n) is 7.46. The Morgan fingerprint density at radius 2 is 1.87 bits per heavy atom. The van der Waals surface area contributed by atoms with Gasteiger partial charge in [-0.1, -0.05) is 19.1 Å². The average Bonchev–Trinajstić information content (AvgIpc) is 3.89. The Hall–Kier alpha value is -3.93. The van der Waals surface area contributed by atoms with Crippen LogP contribution in [0, 0.1) is 0 Å². The lowest BCUT2D eigenvalue weighted by Crippen LogP contribution is -2.32. The van der Waals surface area contributed by atoms with Crippen LogP contribution in [-0.4, -0.2) is 50.8 Å². The molecule has 39 heavy (non-hydrogen) atoms. The van der Waals surface area contributed by atoms with Crippen molar-refractivity contribution < 1.29 is 14.6 Å². The van der Waals surface area contributed by atoms with Crippen molar-refractivity contribution in [2.75, 3.05) is 18.2 Å². The largest absolute Gasteiger partial charge is 0.480 e. The molecule has 2 saturated carbocycles. The summed E-state index contributed by atoms with van der Waals surface area (Å²) in [5.41, 5.74) is 2.64. The van der Waals surface area contributed by atoms with E-state index >= 15 is 0 Å². The summed E-state index contributed by atoms with van der Waals surface area (Å²) in [4.78, 5) is 36.8. The van der Waals surface area contributed by atoms with Crippen molar-refractivity contribution in [2.24, 2.45) is 0 Å². The zero-order valence-electron chi connectivity index (χ0n) is 22.0. The molecule has 4 aromatic rings. The molecule has 6 rings (SSSR count). The lowest BCUT2D eigenvalue weighted by Gasteiger charge is -2.18. The lowest BCUT2D eigenvalue weighted by molar-refractivity contribution is 0.397.